The third-order valence-electron chi connectivity index (χ3n) is 6.78. The number of benzene rings is 1. The van der Waals surface area contributed by atoms with Crippen LogP contribution in [0.4, 0.5) is 17.3 Å². The zero-order valence-electron chi connectivity index (χ0n) is 21.9. The predicted molar refractivity (Wildman–Crippen MR) is 150 cm³/mol. The summed E-state index contributed by atoms with van der Waals surface area (Å²) in [4.78, 5) is 40.7. The van der Waals surface area contributed by atoms with Gasteiger partial charge in [0.25, 0.3) is 5.91 Å². The maximum atomic E-state index is 12.7. The number of rotatable bonds is 7. The van der Waals surface area contributed by atoms with Crippen molar-refractivity contribution in [3.05, 3.63) is 87.9 Å². The first kappa shape index (κ1) is 26.9. The molecule has 4 aromatic rings. The lowest BCUT2D eigenvalue weighted by Crippen LogP contribution is -2.46. The zero-order valence-corrected chi connectivity index (χ0v) is 22.8. The second kappa shape index (κ2) is 10.8. The average molecular weight is 562 g/mol. The maximum Gasteiger partial charge on any atom is 0.363 e. The predicted octanol–water partition coefficient (Wildman–Crippen LogP) is 2.90. The second-order valence-corrected chi connectivity index (χ2v) is 11.6. The normalized spacial score (nSPS) is 13.8. The van der Waals surface area contributed by atoms with Gasteiger partial charge in [-0.15, -0.1) is 0 Å². The molecular formula is C27H27N7O5S. The molecule has 0 unspecified atom stereocenters. The summed E-state index contributed by atoms with van der Waals surface area (Å²) in [6, 6.07) is 13.5. The molecule has 40 heavy (non-hydrogen) atoms. The van der Waals surface area contributed by atoms with Crippen molar-refractivity contribution in [2.75, 3.05) is 42.2 Å². The summed E-state index contributed by atoms with van der Waals surface area (Å²) >= 11 is 0. The third-order valence-corrected chi connectivity index (χ3v) is 8.02. The molecule has 0 bridgehead atoms. The van der Waals surface area contributed by atoms with E-state index in [1.165, 1.54) is 18.3 Å². The molecule has 12 nitrogen and oxygen atoms in total. The number of aryl methyl sites for hydroxylation is 1. The number of amides is 1. The van der Waals surface area contributed by atoms with Gasteiger partial charge in [0.2, 0.25) is 0 Å². The van der Waals surface area contributed by atoms with E-state index >= 15 is 0 Å². The highest BCUT2D eigenvalue weighted by Crippen LogP contribution is 2.23. The lowest BCUT2D eigenvalue weighted by Gasteiger charge is -2.36. The maximum absolute atomic E-state index is 12.7. The molecule has 0 radical (unpaired) electrons. The smallest absolute Gasteiger partial charge is 0.363 e. The lowest BCUT2D eigenvalue weighted by molar-refractivity contribution is -0.389. The van der Waals surface area contributed by atoms with Crippen LogP contribution in [0.25, 0.3) is 10.9 Å². The number of sulfone groups is 1. The summed E-state index contributed by atoms with van der Waals surface area (Å²) in [5, 5.41) is 14.5. The molecular weight excluding hydrogens is 534 g/mol. The van der Waals surface area contributed by atoms with E-state index < -0.39 is 20.7 Å². The van der Waals surface area contributed by atoms with Gasteiger partial charge >= 0.3 is 5.82 Å². The van der Waals surface area contributed by atoms with E-state index in [1.54, 1.807) is 31.3 Å². The molecule has 1 saturated heterocycles. The molecule has 206 valence electrons. The Kier molecular flexibility index (Phi) is 7.30. The molecule has 0 aliphatic carbocycles. The number of aromatic nitrogens is 3. The van der Waals surface area contributed by atoms with Crippen molar-refractivity contribution in [1.29, 1.82) is 0 Å². The molecule has 1 aliphatic heterocycles. The Morgan fingerprint density at radius 1 is 1.00 bits per heavy atom. The van der Waals surface area contributed by atoms with Gasteiger partial charge in [0.05, 0.1) is 28.3 Å². The van der Waals surface area contributed by atoms with Crippen molar-refractivity contribution < 1.29 is 18.1 Å². The first-order valence-electron chi connectivity index (χ1n) is 12.5. The molecule has 1 amide bonds. The Balaban J connectivity index is 1.24. The highest BCUT2D eigenvalue weighted by molar-refractivity contribution is 7.90. The van der Waals surface area contributed by atoms with Crippen LogP contribution >= 0.6 is 0 Å². The number of hydrogen-bond donors (Lipinski definition) is 1. The zero-order chi connectivity index (χ0) is 28.4. The summed E-state index contributed by atoms with van der Waals surface area (Å²) in [7, 11) is -3.45. The van der Waals surface area contributed by atoms with E-state index in [4.69, 9.17) is 4.98 Å². The van der Waals surface area contributed by atoms with Crippen molar-refractivity contribution in [3.8, 4) is 0 Å². The number of carbonyl (C=O) groups is 1. The van der Waals surface area contributed by atoms with Gasteiger partial charge in [-0.05, 0) is 58.8 Å². The van der Waals surface area contributed by atoms with Crippen LogP contribution in [-0.2, 0) is 16.4 Å². The van der Waals surface area contributed by atoms with Gasteiger partial charge in [-0.1, -0.05) is 6.07 Å². The van der Waals surface area contributed by atoms with Gasteiger partial charge in [-0.25, -0.2) is 13.4 Å². The van der Waals surface area contributed by atoms with Crippen molar-refractivity contribution in [2.45, 2.75) is 18.4 Å². The number of nitro groups is 1. The number of nitrogens with zero attached hydrogens (tertiary/aromatic N) is 6. The fourth-order valence-electron chi connectivity index (χ4n) is 4.60. The Bertz CT molecular complexity index is 1700. The molecule has 1 N–H and O–H groups in total. The topological polar surface area (TPSA) is 152 Å². The number of piperazine rings is 1. The van der Waals surface area contributed by atoms with Crippen LogP contribution in [0.5, 0.6) is 0 Å². The first-order chi connectivity index (χ1) is 19.1. The standard InChI is InChI=1S/C27H27N7O5S/c1-18-3-4-19(13-24(18)40(2,38)39)27(35)30-16-21-14-23-20(15-28-21)5-7-26(31-23)33-11-9-32(10-12-33)22-6-8-25(29-17-22)34(36)37/h3-8,13-15,17H,9-12,16H2,1-2H3,(H,30,35). The molecule has 5 rings (SSSR count). The minimum absolute atomic E-state index is 0.131. The molecule has 1 aliphatic rings. The van der Waals surface area contributed by atoms with Crippen LogP contribution in [0.1, 0.15) is 21.6 Å². The number of nitrogens with one attached hydrogen (secondary N) is 1. The highest BCUT2D eigenvalue weighted by atomic mass is 32.2. The van der Waals surface area contributed by atoms with Crippen LogP contribution in [0.15, 0.2) is 65.8 Å². The number of fused-ring (bicyclic) bond motifs is 1. The van der Waals surface area contributed by atoms with Crippen LogP contribution in [0.2, 0.25) is 0 Å². The molecule has 1 aromatic carbocycles. The highest BCUT2D eigenvalue weighted by Gasteiger charge is 2.21. The minimum Gasteiger partial charge on any atom is -0.365 e. The SMILES string of the molecule is Cc1ccc(C(=O)NCc2cc3nc(N4CCN(c5ccc([N+](=O)[O-])nc5)CC4)ccc3cn2)cc1S(C)(=O)=O. The number of carbonyl (C=O) groups excluding carboxylic acids is 1. The van der Waals surface area contributed by atoms with Crippen LogP contribution in [0, 0.1) is 17.0 Å². The quantitative estimate of drug-likeness (QED) is 0.263. The van der Waals surface area contributed by atoms with E-state index in [0.717, 1.165) is 41.8 Å². The fourth-order valence-corrected chi connectivity index (χ4v) is 5.59. The molecule has 1 fully saturated rings. The molecule has 0 spiro atoms. The Morgan fingerprint density at radius 2 is 1.75 bits per heavy atom. The second-order valence-electron chi connectivity index (χ2n) is 9.58. The average Bonchev–Trinajstić information content (AvgIpc) is 2.95. The monoisotopic (exact) mass is 561 g/mol. The van der Waals surface area contributed by atoms with Gasteiger partial charge in [-0.2, -0.15) is 0 Å². The number of anilines is 2. The number of pyridine rings is 3. The molecule has 4 heterocycles. The van der Waals surface area contributed by atoms with E-state index in [9.17, 15) is 23.3 Å². The van der Waals surface area contributed by atoms with Gasteiger partial charge in [0.15, 0.2) is 16.0 Å². The van der Waals surface area contributed by atoms with Crippen molar-refractivity contribution in [1.82, 2.24) is 20.3 Å². The van der Waals surface area contributed by atoms with Gasteiger partial charge in [0.1, 0.15) is 5.82 Å². The fraction of sp³-hybridized carbons (Fsp3) is 0.259. The molecule has 3 aromatic heterocycles. The van der Waals surface area contributed by atoms with E-state index in [1.807, 2.05) is 18.2 Å². The lowest BCUT2D eigenvalue weighted by atomic mass is 10.1. The van der Waals surface area contributed by atoms with Crippen LogP contribution < -0.4 is 15.1 Å². The summed E-state index contributed by atoms with van der Waals surface area (Å²) in [5.74, 6) is 0.255. The van der Waals surface area contributed by atoms with Crippen LogP contribution in [-0.4, -0.2) is 66.6 Å². The first-order valence-corrected chi connectivity index (χ1v) is 14.4. The van der Waals surface area contributed by atoms with Crippen molar-refractivity contribution in [2.24, 2.45) is 0 Å². The van der Waals surface area contributed by atoms with Crippen molar-refractivity contribution >= 4 is 44.0 Å². The van der Waals surface area contributed by atoms with Gasteiger partial charge < -0.3 is 25.2 Å². The third kappa shape index (κ3) is 5.83. The largest absolute Gasteiger partial charge is 0.365 e. The van der Waals surface area contributed by atoms with E-state index in [2.05, 4.69) is 25.1 Å². The Hall–Kier alpha value is -4.65. The summed E-state index contributed by atoms with van der Waals surface area (Å²) in [5.41, 5.74) is 3.05. The molecule has 13 heteroatoms. The van der Waals surface area contributed by atoms with E-state index in [0.29, 0.717) is 24.3 Å². The summed E-state index contributed by atoms with van der Waals surface area (Å²) < 4.78 is 24.0. The van der Waals surface area contributed by atoms with E-state index in [-0.39, 0.29) is 22.8 Å². The van der Waals surface area contributed by atoms with Crippen LogP contribution in [0.3, 0.4) is 0 Å². The Morgan fingerprint density at radius 3 is 2.42 bits per heavy atom. The van der Waals surface area contributed by atoms with Gasteiger partial charge in [0, 0.05) is 55.6 Å². The minimum atomic E-state index is -3.45. The molecule has 0 atom stereocenters. The summed E-state index contributed by atoms with van der Waals surface area (Å²) in [6.45, 7) is 4.71. The summed E-state index contributed by atoms with van der Waals surface area (Å²) in [6.07, 6.45) is 4.35. The number of hydrogen-bond acceptors (Lipinski definition) is 10. The van der Waals surface area contributed by atoms with Gasteiger partial charge in [-0.3, -0.25) is 9.78 Å². The Labute approximate surface area is 230 Å². The molecule has 0 saturated carbocycles. The van der Waals surface area contributed by atoms with Crippen molar-refractivity contribution in [3.63, 3.8) is 0 Å².